The van der Waals surface area contributed by atoms with Gasteiger partial charge in [0.25, 0.3) is 5.56 Å². The summed E-state index contributed by atoms with van der Waals surface area (Å²) in [6, 6.07) is 3.95. The van der Waals surface area contributed by atoms with Crippen LogP contribution in [0.1, 0.15) is 52.8 Å². The predicted octanol–water partition coefficient (Wildman–Crippen LogP) is 3.56. The molecule has 0 aromatic carbocycles. The number of aromatic amines is 2. The van der Waals surface area contributed by atoms with E-state index >= 15 is 0 Å². The van der Waals surface area contributed by atoms with Gasteiger partial charge in [0, 0.05) is 17.2 Å². The average molecular weight is 306 g/mol. The molecular formula is C15H22N4OS. The van der Waals surface area contributed by atoms with Crippen LogP contribution in [0, 0.1) is 4.77 Å². The molecule has 0 aliphatic rings. The van der Waals surface area contributed by atoms with E-state index in [4.69, 9.17) is 12.2 Å². The highest BCUT2D eigenvalue weighted by molar-refractivity contribution is 7.71. The molecule has 6 heteroatoms. The maximum absolute atomic E-state index is 12.4. The number of hydrogen-bond acceptors (Lipinski definition) is 3. The maximum Gasteiger partial charge on any atom is 0.259 e. The molecule has 0 aliphatic carbocycles. The minimum atomic E-state index is -0.138. The zero-order valence-electron chi connectivity index (χ0n) is 13.2. The van der Waals surface area contributed by atoms with Crippen molar-refractivity contribution in [3.8, 4) is 11.4 Å². The van der Waals surface area contributed by atoms with Crippen molar-refractivity contribution in [3.63, 3.8) is 0 Å². The quantitative estimate of drug-likeness (QED) is 0.852. The van der Waals surface area contributed by atoms with Crippen molar-refractivity contribution in [2.45, 2.75) is 52.5 Å². The topological polar surface area (TPSA) is 66.5 Å². The van der Waals surface area contributed by atoms with Crippen LogP contribution in [0.15, 0.2) is 16.9 Å². The number of pyridine rings is 1. The first-order chi connectivity index (χ1) is 9.75. The predicted molar refractivity (Wildman–Crippen MR) is 87.2 cm³/mol. The highest BCUT2D eigenvalue weighted by Crippen LogP contribution is 2.23. The minimum Gasteiger partial charge on any atom is -0.325 e. The Bertz CT molecular complexity index is 748. The number of nitrogens with one attached hydrogen (secondary N) is 2. The standard InChI is InChI=1S/C15H22N4OS/c1-6-9(2)19-12(17-18-14(19)21)10-7-8-11(15(3,4)5)16-13(10)20/h7-9H,6H2,1-5H3,(H,16,20)(H,18,21). The second kappa shape index (κ2) is 5.60. The van der Waals surface area contributed by atoms with Crippen molar-refractivity contribution >= 4 is 12.2 Å². The molecule has 2 N–H and O–H groups in total. The normalized spacial score (nSPS) is 13.4. The number of H-pyrrole nitrogens is 2. The summed E-state index contributed by atoms with van der Waals surface area (Å²) in [5.74, 6) is 0.594. The fourth-order valence-electron chi connectivity index (χ4n) is 2.17. The first-order valence-electron chi connectivity index (χ1n) is 7.16. The van der Waals surface area contributed by atoms with Gasteiger partial charge < -0.3 is 4.98 Å². The number of nitrogens with zero attached hydrogens (tertiary/aromatic N) is 2. The molecule has 0 amide bonds. The third kappa shape index (κ3) is 3.00. The lowest BCUT2D eigenvalue weighted by atomic mass is 9.91. The Morgan fingerprint density at radius 3 is 2.57 bits per heavy atom. The van der Waals surface area contributed by atoms with Gasteiger partial charge in [-0.25, -0.2) is 0 Å². The molecule has 21 heavy (non-hydrogen) atoms. The Labute approximate surface area is 129 Å². The number of hydrogen-bond donors (Lipinski definition) is 2. The van der Waals surface area contributed by atoms with E-state index in [-0.39, 0.29) is 17.0 Å². The van der Waals surface area contributed by atoms with Crippen LogP contribution in [0.4, 0.5) is 0 Å². The van der Waals surface area contributed by atoms with Gasteiger partial charge >= 0.3 is 0 Å². The molecule has 114 valence electrons. The zero-order chi connectivity index (χ0) is 15.8. The van der Waals surface area contributed by atoms with E-state index in [9.17, 15) is 4.79 Å². The first kappa shape index (κ1) is 15.7. The number of rotatable bonds is 3. The first-order valence-corrected chi connectivity index (χ1v) is 7.57. The summed E-state index contributed by atoms with van der Waals surface area (Å²) in [7, 11) is 0. The fraction of sp³-hybridized carbons (Fsp3) is 0.533. The van der Waals surface area contributed by atoms with Gasteiger partial charge in [0.2, 0.25) is 0 Å². The van der Waals surface area contributed by atoms with Gasteiger partial charge in [0.05, 0.1) is 5.56 Å². The molecule has 0 spiro atoms. The van der Waals surface area contributed by atoms with Crippen LogP contribution in [-0.2, 0) is 5.41 Å². The Balaban J connectivity index is 2.59. The van der Waals surface area contributed by atoms with Gasteiger partial charge in [-0.05, 0) is 37.7 Å². The summed E-state index contributed by atoms with van der Waals surface area (Å²) < 4.78 is 2.44. The van der Waals surface area contributed by atoms with Crippen LogP contribution in [0.2, 0.25) is 0 Å². The van der Waals surface area contributed by atoms with E-state index in [0.29, 0.717) is 16.2 Å². The lowest BCUT2D eigenvalue weighted by Gasteiger charge is -2.19. The smallest absolute Gasteiger partial charge is 0.259 e. The molecule has 0 fully saturated rings. The maximum atomic E-state index is 12.4. The average Bonchev–Trinajstić information content (AvgIpc) is 2.78. The van der Waals surface area contributed by atoms with E-state index in [2.05, 4.69) is 49.8 Å². The third-order valence-electron chi connectivity index (χ3n) is 3.69. The molecule has 2 heterocycles. The lowest BCUT2D eigenvalue weighted by Crippen LogP contribution is -2.21. The van der Waals surface area contributed by atoms with E-state index in [1.165, 1.54) is 0 Å². The van der Waals surface area contributed by atoms with Crippen LogP contribution in [-0.4, -0.2) is 19.7 Å². The number of aromatic nitrogens is 4. The molecule has 2 aromatic heterocycles. The fourth-order valence-corrected chi connectivity index (χ4v) is 2.49. The zero-order valence-corrected chi connectivity index (χ0v) is 14.0. The lowest BCUT2D eigenvalue weighted by molar-refractivity contribution is 0.528. The van der Waals surface area contributed by atoms with E-state index in [1.54, 1.807) is 0 Å². The van der Waals surface area contributed by atoms with Gasteiger partial charge in [0.15, 0.2) is 10.6 Å². The van der Waals surface area contributed by atoms with Crippen molar-refractivity contribution in [2.75, 3.05) is 0 Å². The molecule has 5 nitrogen and oxygen atoms in total. The van der Waals surface area contributed by atoms with Crippen molar-refractivity contribution < 1.29 is 0 Å². The van der Waals surface area contributed by atoms with Gasteiger partial charge in [-0.15, -0.1) is 0 Å². The van der Waals surface area contributed by atoms with Crippen molar-refractivity contribution in [3.05, 3.63) is 33.0 Å². The Hall–Kier alpha value is -1.69. The van der Waals surface area contributed by atoms with Crippen LogP contribution in [0.25, 0.3) is 11.4 Å². The molecule has 2 rings (SSSR count). The molecule has 0 radical (unpaired) electrons. The minimum absolute atomic E-state index is 0.0981. The van der Waals surface area contributed by atoms with Crippen LogP contribution >= 0.6 is 12.2 Å². The summed E-state index contributed by atoms with van der Waals surface area (Å²) in [5, 5.41) is 7.02. The van der Waals surface area contributed by atoms with Crippen molar-refractivity contribution in [1.29, 1.82) is 0 Å². The Morgan fingerprint density at radius 2 is 2.05 bits per heavy atom. The molecular weight excluding hydrogens is 284 g/mol. The summed E-state index contributed by atoms with van der Waals surface area (Å²) in [4.78, 5) is 15.4. The summed E-state index contributed by atoms with van der Waals surface area (Å²) >= 11 is 5.28. The largest absolute Gasteiger partial charge is 0.325 e. The van der Waals surface area contributed by atoms with Gasteiger partial charge in [0.1, 0.15) is 0 Å². The van der Waals surface area contributed by atoms with Crippen LogP contribution < -0.4 is 5.56 Å². The van der Waals surface area contributed by atoms with Crippen LogP contribution in [0.5, 0.6) is 0 Å². The highest BCUT2D eigenvalue weighted by atomic mass is 32.1. The molecule has 0 saturated carbocycles. The van der Waals surface area contributed by atoms with Crippen molar-refractivity contribution in [1.82, 2.24) is 19.7 Å². The summed E-state index contributed by atoms with van der Waals surface area (Å²) in [5.41, 5.74) is 1.20. The van der Waals surface area contributed by atoms with Crippen LogP contribution in [0.3, 0.4) is 0 Å². The summed E-state index contributed by atoms with van der Waals surface area (Å²) in [6.07, 6.45) is 0.915. The molecule has 0 bridgehead atoms. The highest BCUT2D eigenvalue weighted by Gasteiger charge is 2.19. The van der Waals surface area contributed by atoms with Gasteiger partial charge in [-0.1, -0.05) is 27.7 Å². The second-order valence-corrected chi connectivity index (χ2v) is 6.73. The van der Waals surface area contributed by atoms with Gasteiger partial charge in [-0.2, -0.15) is 5.10 Å². The molecule has 1 unspecified atom stereocenters. The van der Waals surface area contributed by atoms with E-state index in [0.717, 1.165) is 12.1 Å². The monoisotopic (exact) mass is 306 g/mol. The van der Waals surface area contributed by atoms with E-state index in [1.807, 2.05) is 16.7 Å². The molecule has 0 aliphatic heterocycles. The Morgan fingerprint density at radius 1 is 1.38 bits per heavy atom. The third-order valence-corrected chi connectivity index (χ3v) is 3.98. The summed E-state index contributed by atoms with van der Waals surface area (Å²) in [6.45, 7) is 10.3. The van der Waals surface area contributed by atoms with E-state index < -0.39 is 0 Å². The van der Waals surface area contributed by atoms with Gasteiger partial charge in [-0.3, -0.25) is 14.5 Å². The van der Waals surface area contributed by atoms with Crippen molar-refractivity contribution in [2.24, 2.45) is 0 Å². The molecule has 2 aromatic rings. The molecule has 1 atom stereocenters. The SMILES string of the molecule is CCC(C)n1c(-c2ccc(C(C)(C)C)[nH]c2=O)n[nH]c1=S. The second-order valence-electron chi connectivity index (χ2n) is 6.34. The molecule has 0 saturated heterocycles. The Kier molecular flexibility index (Phi) is 4.18.